The summed E-state index contributed by atoms with van der Waals surface area (Å²) in [6.07, 6.45) is 3.44. The second-order valence-corrected chi connectivity index (χ2v) is 7.93. The van der Waals surface area contributed by atoms with Crippen molar-refractivity contribution in [3.63, 3.8) is 0 Å². The molecule has 6 nitrogen and oxygen atoms in total. The van der Waals surface area contributed by atoms with Crippen LogP contribution in [0.4, 0.5) is 5.69 Å². The van der Waals surface area contributed by atoms with Crippen LogP contribution in [0.15, 0.2) is 48.6 Å². The molecule has 8 heteroatoms. The molecule has 0 saturated carbocycles. The molecule has 0 aromatic heterocycles. The number of hydrogen-bond donors (Lipinski definition) is 4. The topological polar surface area (TPSA) is 98.7 Å². The van der Waals surface area contributed by atoms with Gasteiger partial charge in [0.2, 0.25) is 0 Å². The first kappa shape index (κ1) is 22.2. The number of nitrogens with one attached hydrogen (secondary N) is 2. The number of carbonyl (C=O) groups is 2. The van der Waals surface area contributed by atoms with E-state index in [0.717, 1.165) is 36.5 Å². The Morgan fingerprint density at radius 3 is 2.33 bits per heavy atom. The van der Waals surface area contributed by atoms with Gasteiger partial charge in [0.05, 0.1) is 0 Å². The maximum absolute atomic E-state index is 9.55. The molecule has 0 bridgehead atoms. The lowest BCUT2D eigenvalue weighted by molar-refractivity contribution is -0.134. The van der Waals surface area contributed by atoms with E-state index in [-0.39, 0.29) is 0 Å². The number of aliphatic carboxylic acids is 2. The van der Waals surface area contributed by atoms with Crippen LogP contribution >= 0.6 is 23.2 Å². The van der Waals surface area contributed by atoms with Gasteiger partial charge in [-0.15, -0.1) is 0 Å². The van der Waals surface area contributed by atoms with Crippen LogP contribution in [0.5, 0.6) is 0 Å². The van der Waals surface area contributed by atoms with E-state index < -0.39 is 11.9 Å². The van der Waals surface area contributed by atoms with Crippen LogP contribution in [-0.2, 0) is 9.59 Å². The molecule has 0 aliphatic carbocycles. The molecule has 0 spiro atoms. The predicted octanol–water partition coefficient (Wildman–Crippen LogP) is 4.63. The van der Waals surface area contributed by atoms with Crippen molar-refractivity contribution < 1.29 is 19.8 Å². The minimum absolute atomic E-state index is 0.525. The fraction of sp³-hybridized carbons (Fsp3) is 0.273. The van der Waals surface area contributed by atoms with Crippen molar-refractivity contribution in [1.82, 2.24) is 5.32 Å². The van der Waals surface area contributed by atoms with Crippen molar-refractivity contribution in [3.8, 4) is 11.1 Å². The highest BCUT2D eigenvalue weighted by atomic mass is 35.5. The molecule has 2 unspecified atom stereocenters. The van der Waals surface area contributed by atoms with Crippen LogP contribution in [0.3, 0.4) is 0 Å². The largest absolute Gasteiger partial charge is 0.478 e. The predicted molar refractivity (Wildman–Crippen MR) is 119 cm³/mol. The van der Waals surface area contributed by atoms with E-state index >= 15 is 0 Å². The van der Waals surface area contributed by atoms with Gasteiger partial charge in [-0.3, -0.25) is 0 Å². The molecule has 0 radical (unpaired) electrons. The van der Waals surface area contributed by atoms with Gasteiger partial charge in [0.15, 0.2) is 0 Å². The van der Waals surface area contributed by atoms with Gasteiger partial charge in [0.1, 0.15) is 0 Å². The van der Waals surface area contributed by atoms with Crippen LogP contribution in [0, 0.1) is 0 Å². The summed E-state index contributed by atoms with van der Waals surface area (Å²) in [6, 6.07) is 12.8. The molecule has 0 amide bonds. The second-order valence-electron chi connectivity index (χ2n) is 7.09. The molecule has 1 saturated heterocycles. The fourth-order valence-electron chi connectivity index (χ4n) is 3.94. The van der Waals surface area contributed by atoms with E-state index in [4.69, 9.17) is 33.4 Å². The molecule has 158 valence electrons. The van der Waals surface area contributed by atoms with Crippen LogP contribution in [0.25, 0.3) is 11.1 Å². The van der Waals surface area contributed by atoms with E-state index in [9.17, 15) is 9.59 Å². The average Bonchev–Trinajstić information content (AvgIpc) is 2.89. The maximum Gasteiger partial charge on any atom is 0.328 e. The van der Waals surface area contributed by atoms with Gasteiger partial charge in [-0.1, -0.05) is 41.4 Å². The fourth-order valence-corrected chi connectivity index (χ4v) is 4.45. The lowest BCUT2D eigenvalue weighted by Gasteiger charge is -2.18. The van der Waals surface area contributed by atoms with E-state index in [1.165, 1.54) is 16.8 Å². The van der Waals surface area contributed by atoms with Crippen molar-refractivity contribution in [2.24, 2.45) is 0 Å². The quantitative estimate of drug-likeness (QED) is 0.510. The molecule has 2 aliphatic heterocycles. The normalized spacial score (nSPS) is 19.7. The molecule has 1 fully saturated rings. The van der Waals surface area contributed by atoms with Crippen molar-refractivity contribution in [3.05, 3.63) is 64.2 Å². The number of hydrogen-bond acceptors (Lipinski definition) is 4. The van der Waals surface area contributed by atoms with Gasteiger partial charge in [-0.05, 0) is 55.3 Å². The summed E-state index contributed by atoms with van der Waals surface area (Å²) in [5, 5.41) is 24.2. The van der Waals surface area contributed by atoms with Crippen LogP contribution in [0.2, 0.25) is 10.0 Å². The molecule has 2 atom stereocenters. The first-order valence-corrected chi connectivity index (χ1v) is 10.3. The second kappa shape index (κ2) is 9.98. The number of rotatable bonds is 3. The Balaban J connectivity index is 0.000000275. The monoisotopic (exact) mass is 448 g/mol. The minimum Gasteiger partial charge on any atom is -0.478 e. The van der Waals surface area contributed by atoms with Crippen molar-refractivity contribution >= 4 is 40.8 Å². The lowest BCUT2D eigenvalue weighted by atomic mass is 9.86. The Morgan fingerprint density at radius 2 is 1.67 bits per heavy atom. The third kappa shape index (κ3) is 5.33. The lowest BCUT2D eigenvalue weighted by Crippen LogP contribution is -2.21. The zero-order valence-corrected chi connectivity index (χ0v) is 17.6. The average molecular weight is 449 g/mol. The summed E-state index contributed by atoms with van der Waals surface area (Å²) < 4.78 is 0. The Kier molecular flexibility index (Phi) is 7.37. The summed E-state index contributed by atoms with van der Waals surface area (Å²) in [4.78, 5) is 19.1. The molecule has 30 heavy (non-hydrogen) atoms. The highest BCUT2D eigenvalue weighted by Gasteiger charge is 2.34. The third-order valence-corrected chi connectivity index (χ3v) is 5.71. The molecule has 4 N–H and O–H groups in total. The van der Waals surface area contributed by atoms with E-state index in [1.807, 2.05) is 18.2 Å². The summed E-state index contributed by atoms with van der Waals surface area (Å²) in [5.74, 6) is -1.97. The Morgan fingerprint density at radius 1 is 0.967 bits per heavy atom. The van der Waals surface area contributed by atoms with Gasteiger partial charge >= 0.3 is 11.9 Å². The zero-order chi connectivity index (χ0) is 21.7. The summed E-state index contributed by atoms with van der Waals surface area (Å²) in [6.45, 7) is 2.16. The highest BCUT2D eigenvalue weighted by Crippen LogP contribution is 2.46. The summed E-state index contributed by atoms with van der Waals surface area (Å²) in [5.41, 5.74) is 4.99. The number of benzene rings is 2. The molecule has 2 aromatic carbocycles. The Bertz CT molecular complexity index is 962. The molecule has 2 aliphatic rings. The van der Waals surface area contributed by atoms with Crippen molar-refractivity contribution in [1.29, 1.82) is 0 Å². The Labute approximate surface area is 184 Å². The van der Waals surface area contributed by atoms with E-state index in [2.05, 4.69) is 28.8 Å². The SMILES string of the molecule is Clc1ccc(-c2cccc3c2C2CCNCCC2N3)c(Cl)c1.O=C(O)/C=C\C(=O)O. The molecule has 2 aromatic rings. The van der Waals surface area contributed by atoms with E-state index in [1.54, 1.807) is 0 Å². The van der Waals surface area contributed by atoms with Gasteiger partial charge in [0, 0.05) is 45.4 Å². The number of anilines is 1. The smallest absolute Gasteiger partial charge is 0.328 e. The number of carboxylic acids is 2. The summed E-state index contributed by atoms with van der Waals surface area (Å²) in [7, 11) is 0. The number of fused-ring (bicyclic) bond motifs is 3. The van der Waals surface area contributed by atoms with Gasteiger partial charge in [-0.2, -0.15) is 0 Å². The zero-order valence-electron chi connectivity index (χ0n) is 16.1. The molecule has 2 heterocycles. The number of halogens is 2. The Hall–Kier alpha value is -2.54. The van der Waals surface area contributed by atoms with Gasteiger partial charge < -0.3 is 20.8 Å². The van der Waals surface area contributed by atoms with E-state index in [0.29, 0.717) is 29.1 Å². The van der Waals surface area contributed by atoms with Crippen molar-refractivity contribution in [2.75, 3.05) is 18.4 Å². The maximum atomic E-state index is 9.55. The van der Waals surface area contributed by atoms with Crippen LogP contribution < -0.4 is 10.6 Å². The molecular weight excluding hydrogens is 427 g/mol. The highest BCUT2D eigenvalue weighted by molar-refractivity contribution is 6.36. The van der Waals surface area contributed by atoms with Gasteiger partial charge in [0.25, 0.3) is 0 Å². The third-order valence-electron chi connectivity index (χ3n) is 5.16. The number of carboxylic acid groups (broad SMARTS) is 2. The van der Waals surface area contributed by atoms with Crippen molar-refractivity contribution in [2.45, 2.75) is 24.8 Å². The van der Waals surface area contributed by atoms with Crippen LogP contribution in [-0.4, -0.2) is 41.3 Å². The minimum atomic E-state index is -1.26. The first-order valence-electron chi connectivity index (χ1n) is 9.56. The molecule has 4 rings (SSSR count). The van der Waals surface area contributed by atoms with Crippen LogP contribution in [0.1, 0.15) is 24.3 Å². The molecular formula is C22H22Cl2N2O4. The first-order chi connectivity index (χ1) is 14.4. The standard InChI is InChI=1S/C18H18Cl2N2.C4H4O4/c19-11-4-5-12(15(20)10-11)13-2-1-3-17-18(13)14-6-8-21-9-7-16(14)22-17;5-3(6)1-2-4(7)8/h1-5,10,14,16,21-22H,6-9H2;1-2H,(H,5,6)(H,7,8)/b;2-1-. The summed E-state index contributed by atoms with van der Waals surface area (Å²) >= 11 is 12.5. The van der Waals surface area contributed by atoms with Gasteiger partial charge in [-0.25, -0.2) is 9.59 Å².